The SMILES string of the molecule is O=C1C2CC=NN2C=C2NCCN12. The molecular formula is C8H10N4O. The smallest absolute Gasteiger partial charge is 0.253 e. The van der Waals surface area contributed by atoms with Crippen LogP contribution >= 0.6 is 0 Å². The average molecular weight is 178 g/mol. The Morgan fingerprint density at radius 2 is 2.54 bits per heavy atom. The number of hydrogen-bond donors (Lipinski definition) is 1. The summed E-state index contributed by atoms with van der Waals surface area (Å²) in [5.74, 6) is 1.06. The van der Waals surface area contributed by atoms with Crippen molar-refractivity contribution in [3.63, 3.8) is 0 Å². The van der Waals surface area contributed by atoms with E-state index < -0.39 is 0 Å². The minimum absolute atomic E-state index is 0.0800. The highest BCUT2D eigenvalue weighted by molar-refractivity contribution is 5.88. The van der Waals surface area contributed by atoms with Crippen LogP contribution in [0.4, 0.5) is 0 Å². The molecule has 0 saturated carbocycles. The lowest BCUT2D eigenvalue weighted by Gasteiger charge is -2.30. The number of hydrazone groups is 1. The van der Waals surface area contributed by atoms with Crippen molar-refractivity contribution in [3.05, 3.63) is 12.0 Å². The van der Waals surface area contributed by atoms with Gasteiger partial charge in [-0.1, -0.05) is 0 Å². The summed E-state index contributed by atoms with van der Waals surface area (Å²) in [7, 11) is 0. The highest BCUT2D eigenvalue weighted by atomic mass is 16.2. The summed E-state index contributed by atoms with van der Waals surface area (Å²) >= 11 is 0. The molecule has 68 valence electrons. The van der Waals surface area contributed by atoms with Gasteiger partial charge in [0.2, 0.25) is 0 Å². The Morgan fingerprint density at radius 3 is 3.46 bits per heavy atom. The zero-order valence-corrected chi connectivity index (χ0v) is 7.10. The number of nitrogens with zero attached hydrogens (tertiary/aromatic N) is 3. The largest absolute Gasteiger partial charge is 0.368 e. The number of nitrogens with one attached hydrogen (secondary N) is 1. The van der Waals surface area contributed by atoms with Crippen molar-refractivity contribution in [3.8, 4) is 0 Å². The van der Waals surface area contributed by atoms with E-state index in [1.807, 2.05) is 6.20 Å². The van der Waals surface area contributed by atoms with Gasteiger partial charge in [-0.05, 0) is 0 Å². The molecule has 0 aliphatic carbocycles. The van der Waals surface area contributed by atoms with Crippen molar-refractivity contribution >= 4 is 12.1 Å². The fourth-order valence-electron chi connectivity index (χ4n) is 1.93. The molecule has 5 nitrogen and oxygen atoms in total. The van der Waals surface area contributed by atoms with Crippen LogP contribution in [0.5, 0.6) is 0 Å². The van der Waals surface area contributed by atoms with E-state index >= 15 is 0 Å². The predicted octanol–water partition coefficient (Wildman–Crippen LogP) is -0.709. The highest BCUT2D eigenvalue weighted by Crippen LogP contribution is 2.24. The van der Waals surface area contributed by atoms with Crippen molar-refractivity contribution < 1.29 is 4.79 Å². The van der Waals surface area contributed by atoms with Crippen LogP contribution in [0.1, 0.15) is 6.42 Å². The molecule has 1 amide bonds. The maximum absolute atomic E-state index is 11.8. The average Bonchev–Trinajstić information content (AvgIpc) is 2.71. The number of carbonyl (C=O) groups excluding carboxylic acids is 1. The van der Waals surface area contributed by atoms with Gasteiger partial charge >= 0.3 is 0 Å². The summed E-state index contributed by atoms with van der Waals surface area (Å²) < 4.78 is 0. The zero-order chi connectivity index (χ0) is 8.84. The van der Waals surface area contributed by atoms with Crippen molar-refractivity contribution in [2.75, 3.05) is 13.1 Å². The Morgan fingerprint density at radius 1 is 1.62 bits per heavy atom. The third-order valence-corrected chi connectivity index (χ3v) is 2.60. The maximum atomic E-state index is 11.8. The first-order valence-electron chi connectivity index (χ1n) is 4.44. The molecule has 3 aliphatic rings. The summed E-state index contributed by atoms with van der Waals surface area (Å²) in [5.41, 5.74) is 0. The van der Waals surface area contributed by atoms with Crippen LogP contribution in [-0.2, 0) is 4.79 Å². The van der Waals surface area contributed by atoms with Gasteiger partial charge in [0.25, 0.3) is 5.91 Å². The molecule has 1 unspecified atom stereocenters. The molecule has 13 heavy (non-hydrogen) atoms. The van der Waals surface area contributed by atoms with Crippen LogP contribution in [-0.4, -0.2) is 41.2 Å². The first-order valence-corrected chi connectivity index (χ1v) is 4.44. The summed E-state index contributed by atoms with van der Waals surface area (Å²) in [4.78, 5) is 13.6. The molecule has 0 aromatic rings. The highest BCUT2D eigenvalue weighted by Gasteiger charge is 2.38. The van der Waals surface area contributed by atoms with Crippen LogP contribution in [0, 0.1) is 0 Å². The molecule has 5 heteroatoms. The normalized spacial score (nSPS) is 30.0. The van der Waals surface area contributed by atoms with Crippen molar-refractivity contribution in [2.45, 2.75) is 12.5 Å². The molecule has 1 saturated heterocycles. The molecule has 0 bridgehead atoms. The number of fused-ring (bicyclic) bond motifs is 2. The zero-order valence-electron chi connectivity index (χ0n) is 7.10. The molecule has 3 heterocycles. The second kappa shape index (κ2) is 2.25. The topological polar surface area (TPSA) is 47.9 Å². The van der Waals surface area contributed by atoms with E-state index in [0.717, 1.165) is 25.3 Å². The van der Waals surface area contributed by atoms with Crippen LogP contribution < -0.4 is 5.32 Å². The van der Waals surface area contributed by atoms with Crippen LogP contribution in [0.3, 0.4) is 0 Å². The number of hydrogen-bond acceptors (Lipinski definition) is 4. The van der Waals surface area contributed by atoms with Gasteiger partial charge in [-0.15, -0.1) is 0 Å². The summed E-state index contributed by atoms with van der Waals surface area (Å²) in [6.45, 7) is 1.64. The second-order valence-corrected chi connectivity index (χ2v) is 3.36. The molecular weight excluding hydrogens is 168 g/mol. The van der Waals surface area contributed by atoms with E-state index in [4.69, 9.17) is 0 Å². The van der Waals surface area contributed by atoms with E-state index in [1.165, 1.54) is 0 Å². The Balaban J connectivity index is 2.01. The van der Waals surface area contributed by atoms with Gasteiger partial charge in [0.15, 0.2) is 0 Å². The Bertz CT molecular complexity index is 322. The molecule has 3 aliphatic heterocycles. The van der Waals surface area contributed by atoms with Crippen molar-refractivity contribution in [1.82, 2.24) is 15.2 Å². The Labute approximate surface area is 75.7 Å². The van der Waals surface area contributed by atoms with E-state index in [1.54, 1.807) is 16.1 Å². The molecule has 1 fully saturated rings. The van der Waals surface area contributed by atoms with Gasteiger partial charge in [0, 0.05) is 25.7 Å². The molecule has 1 N–H and O–H groups in total. The van der Waals surface area contributed by atoms with Crippen molar-refractivity contribution in [1.29, 1.82) is 0 Å². The van der Waals surface area contributed by atoms with Crippen LogP contribution in [0.15, 0.2) is 17.1 Å². The van der Waals surface area contributed by atoms with Crippen LogP contribution in [0.2, 0.25) is 0 Å². The van der Waals surface area contributed by atoms with Gasteiger partial charge in [-0.3, -0.25) is 14.7 Å². The Hall–Kier alpha value is -1.52. The molecule has 0 aromatic carbocycles. The molecule has 1 atom stereocenters. The second-order valence-electron chi connectivity index (χ2n) is 3.36. The maximum Gasteiger partial charge on any atom is 0.253 e. The van der Waals surface area contributed by atoms with Gasteiger partial charge < -0.3 is 5.32 Å². The minimum Gasteiger partial charge on any atom is -0.368 e. The fraction of sp³-hybridized carbons (Fsp3) is 0.500. The lowest BCUT2D eigenvalue weighted by atomic mass is 10.2. The van der Waals surface area contributed by atoms with Gasteiger partial charge in [-0.25, -0.2) is 0 Å². The summed E-state index contributed by atoms with van der Waals surface area (Å²) in [6, 6.07) is -0.0800. The van der Waals surface area contributed by atoms with E-state index in [-0.39, 0.29) is 11.9 Å². The number of amides is 1. The monoisotopic (exact) mass is 178 g/mol. The lowest BCUT2D eigenvalue weighted by Crippen LogP contribution is -2.46. The predicted molar refractivity (Wildman–Crippen MR) is 46.5 cm³/mol. The lowest BCUT2D eigenvalue weighted by molar-refractivity contribution is -0.134. The first-order chi connectivity index (χ1) is 6.36. The minimum atomic E-state index is -0.0800. The third-order valence-electron chi connectivity index (χ3n) is 2.60. The number of rotatable bonds is 0. The standard InChI is InChI=1S/C8H10N4O/c13-8-6-1-2-10-12(6)5-7-9-3-4-11(7)8/h2,5-6,9H,1,3-4H2. The third kappa shape index (κ3) is 0.811. The van der Waals surface area contributed by atoms with Gasteiger partial charge in [0.1, 0.15) is 11.9 Å². The quantitative estimate of drug-likeness (QED) is 0.533. The van der Waals surface area contributed by atoms with E-state index in [2.05, 4.69) is 10.4 Å². The van der Waals surface area contributed by atoms with E-state index in [0.29, 0.717) is 0 Å². The molecule has 0 radical (unpaired) electrons. The first kappa shape index (κ1) is 6.94. The van der Waals surface area contributed by atoms with Crippen molar-refractivity contribution in [2.24, 2.45) is 5.10 Å². The summed E-state index contributed by atoms with van der Waals surface area (Å²) in [5, 5.41) is 9.01. The fourth-order valence-corrected chi connectivity index (χ4v) is 1.93. The van der Waals surface area contributed by atoms with E-state index in [9.17, 15) is 4.79 Å². The van der Waals surface area contributed by atoms with Crippen LogP contribution in [0.25, 0.3) is 0 Å². The molecule has 0 aromatic heterocycles. The molecule has 0 spiro atoms. The summed E-state index contributed by atoms with van der Waals surface area (Å²) in [6.07, 6.45) is 4.43. The van der Waals surface area contributed by atoms with Gasteiger partial charge in [0.05, 0.1) is 6.20 Å². The number of carbonyl (C=O) groups is 1. The van der Waals surface area contributed by atoms with Gasteiger partial charge in [-0.2, -0.15) is 5.10 Å². The Kier molecular flexibility index (Phi) is 1.20. The molecule has 3 rings (SSSR count).